The Morgan fingerprint density at radius 1 is 1.38 bits per heavy atom. The first kappa shape index (κ1) is 16.6. The highest BCUT2D eigenvalue weighted by molar-refractivity contribution is 5.98. The van der Waals surface area contributed by atoms with Gasteiger partial charge in [0.1, 0.15) is 5.54 Å². The van der Waals surface area contributed by atoms with Crippen LogP contribution in [0.5, 0.6) is 0 Å². The Hall–Kier alpha value is -2.44. The highest BCUT2D eigenvalue weighted by Gasteiger charge is 2.37. The maximum atomic E-state index is 12.5. The molecule has 1 N–H and O–H groups in total. The molecule has 0 aliphatic rings. The molecule has 0 atom stereocenters. The summed E-state index contributed by atoms with van der Waals surface area (Å²) in [6, 6.07) is 4.12. The van der Waals surface area contributed by atoms with Crippen molar-refractivity contribution >= 4 is 17.6 Å². The van der Waals surface area contributed by atoms with Gasteiger partial charge in [-0.25, -0.2) is 4.79 Å². The molecule has 0 radical (unpaired) electrons. The molecule has 0 saturated carbocycles. The predicted molar refractivity (Wildman–Crippen MR) is 76.3 cm³/mol. The third-order valence-corrected chi connectivity index (χ3v) is 3.41. The van der Waals surface area contributed by atoms with E-state index in [4.69, 9.17) is 0 Å². The Morgan fingerprint density at radius 3 is 2.38 bits per heavy atom. The standard InChI is InChI=1S/C14H18N2O5/c1-5-15(14(3,4)13(18)19)12(17)10-7-6-9(2)11(8-10)16(20)21/h6-8H,5H2,1-4H3,(H,18,19). The zero-order chi connectivity index (χ0) is 16.4. The number of carboxylic acid groups (broad SMARTS) is 1. The van der Waals surface area contributed by atoms with Gasteiger partial charge in [0.2, 0.25) is 0 Å². The van der Waals surface area contributed by atoms with Gasteiger partial charge in [-0.3, -0.25) is 14.9 Å². The number of hydrogen-bond acceptors (Lipinski definition) is 4. The van der Waals surface area contributed by atoms with Crippen molar-refractivity contribution in [2.24, 2.45) is 0 Å². The van der Waals surface area contributed by atoms with Gasteiger partial charge in [0.05, 0.1) is 4.92 Å². The van der Waals surface area contributed by atoms with Gasteiger partial charge in [-0.2, -0.15) is 0 Å². The van der Waals surface area contributed by atoms with E-state index in [0.717, 1.165) is 0 Å². The van der Waals surface area contributed by atoms with Crippen LogP contribution in [0.15, 0.2) is 18.2 Å². The second-order valence-corrected chi connectivity index (χ2v) is 5.17. The molecule has 1 amide bonds. The summed E-state index contributed by atoms with van der Waals surface area (Å²) in [5.41, 5.74) is -1.02. The van der Waals surface area contributed by atoms with Gasteiger partial charge in [0.15, 0.2) is 0 Å². The van der Waals surface area contributed by atoms with E-state index >= 15 is 0 Å². The van der Waals surface area contributed by atoms with Crippen LogP contribution >= 0.6 is 0 Å². The summed E-state index contributed by atoms with van der Waals surface area (Å²) in [6.07, 6.45) is 0. The maximum absolute atomic E-state index is 12.5. The quantitative estimate of drug-likeness (QED) is 0.663. The topological polar surface area (TPSA) is 101 Å². The summed E-state index contributed by atoms with van der Waals surface area (Å²) in [4.78, 5) is 35.3. The van der Waals surface area contributed by atoms with Gasteiger partial charge in [0.25, 0.3) is 11.6 Å². The van der Waals surface area contributed by atoms with Crippen molar-refractivity contribution in [3.63, 3.8) is 0 Å². The molecule has 7 nitrogen and oxygen atoms in total. The lowest BCUT2D eigenvalue weighted by Crippen LogP contribution is -2.52. The molecule has 1 rings (SSSR count). The second kappa shape index (κ2) is 5.90. The van der Waals surface area contributed by atoms with Crippen molar-refractivity contribution in [2.75, 3.05) is 6.54 Å². The van der Waals surface area contributed by atoms with Crippen molar-refractivity contribution in [2.45, 2.75) is 33.2 Å². The Kier molecular flexibility index (Phi) is 4.67. The average Bonchev–Trinajstić information content (AvgIpc) is 2.38. The van der Waals surface area contributed by atoms with Gasteiger partial charge in [-0.15, -0.1) is 0 Å². The van der Waals surface area contributed by atoms with Crippen LogP contribution < -0.4 is 0 Å². The molecule has 0 heterocycles. The minimum absolute atomic E-state index is 0.100. The Labute approximate surface area is 122 Å². The molecule has 0 unspecified atom stereocenters. The molecule has 7 heteroatoms. The Morgan fingerprint density at radius 2 is 1.95 bits per heavy atom. The Balaban J connectivity index is 3.27. The summed E-state index contributed by atoms with van der Waals surface area (Å²) in [6.45, 7) is 6.24. The smallest absolute Gasteiger partial charge is 0.329 e. The SMILES string of the molecule is CCN(C(=O)c1ccc(C)c([N+](=O)[O-])c1)C(C)(C)C(=O)O. The van der Waals surface area contributed by atoms with E-state index in [-0.39, 0.29) is 17.8 Å². The summed E-state index contributed by atoms with van der Waals surface area (Å²) >= 11 is 0. The first-order valence-electron chi connectivity index (χ1n) is 6.43. The molecular weight excluding hydrogens is 276 g/mol. The number of nitro benzene ring substituents is 1. The molecule has 0 aliphatic carbocycles. The van der Waals surface area contributed by atoms with Crippen LogP contribution in [-0.2, 0) is 4.79 Å². The molecule has 0 fully saturated rings. The third-order valence-electron chi connectivity index (χ3n) is 3.41. The number of nitrogens with zero attached hydrogens (tertiary/aromatic N) is 2. The van der Waals surface area contributed by atoms with Gasteiger partial charge in [-0.05, 0) is 33.8 Å². The molecule has 1 aromatic carbocycles. The first-order chi connectivity index (χ1) is 9.62. The summed E-state index contributed by atoms with van der Waals surface area (Å²) in [7, 11) is 0. The average molecular weight is 294 g/mol. The second-order valence-electron chi connectivity index (χ2n) is 5.17. The highest BCUT2D eigenvalue weighted by atomic mass is 16.6. The molecule has 21 heavy (non-hydrogen) atoms. The first-order valence-corrected chi connectivity index (χ1v) is 6.43. The van der Waals surface area contributed by atoms with E-state index in [2.05, 4.69) is 0 Å². The van der Waals surface area contributed by atoms with Crippen LogP contribution in [0.25, 0.3) is 0 Å². The molecule has 1 aromatic rings. The lowest BCUT2D eigenvalue weighted by Gasteiger charge is -2.34. The number of hydrogen-bond donors (Lipinski definition) is 1. The summed E-state index contributed by atoms with van der Waals surface area (Å²) < 4.78 is 0. The lowest BCUT2D eigenvalue weighted by atomic mass is 10.0. The minimum Gasteiger partial charge on any atom is -0.480 e. The van der Waals surface area contributed by atoms with Crippen LogP contribution in [0.3, 0.4) is 0 Å². The number of aliphatic carboxylic acids is 1. The number of aryl methyl sites for hydroxylation is 1. The van der Waals surface area contributed by atoms with E-state index in [1.54, 1.807) is 13.8 Å². The Bertz CT molecular complexity index is 595. The minimum atomic E-state index is -1.40. The highest BCUT2D eigenvalue weighted by Crippen LogP contribution is 2.23. The number of benzene rings is 1. The van der Waals surface area contributed by atoms with Crippen LogP contribution in [-0.4, -0.2) is 38.9 Å². The normalized spacial score (nSPS) is 11.0. The third kappa shape index (κ3) is 3.18. The van der Waals surface area contributed by atoms with E-state index in [1.165, 1.54) is 36.9 Å². The number of nitro groups is 1. The van der Waals surface area contributed by atoms with Gasteiger partial charge >= 0.3 is 5.97 Å². The molecule has 0 aromatic heterocycles. The number of likely N-dealkylation sites (N-methyl/N-ethyl adjacent to an activating group) is 1. The maximum Gasteiger partial charge on any atom is 0.329 e. The number of carbonyl (C=O) groups excluding carboxylic acids is 1. The molecule has 0 spiro atoms. The fourth-order valence-corrected chi connectivity index (χ4v) is 2.00. The zero-order valence-electron chi connectivity index (χ0n) is 12.4. The van der Waals surface area contributed by atoms with Crippen molar-refractivity contribution in [3.05, 3.63) is 39.4 Å². The molecule has 0 bridgehead atoms. The van der Waals surface area contributed by atoms with Gasteiger partial charge in [0, 0.05) is 23.7 Å². The number of carbonyl (C=O) groups is 2. The summed E-state index contributed by atoms with van der Waals surface area (Å²) in [5, 5.41) is 20.2. The van der Waals surface area contributed by atoms with E-state index in [9.17, 15) is 24.8 Å². The van der Waals surface area contributed by atoms with Crippen molar-refractivity contribution < 1.29 is 19.6 Å². The van der Waals surface area contributed by atoms with E-state index < -0.39 is 22.3 Å². The number of amides is 1. The predicted octanol–water partition coefficient (Wildman–Crippen LogP) is 2.23. The fraction of sp³-hybridized carbons (Fsp3) is 0.429. The molecule has 114 valence electrons. The number of rotatable bonds is 5. The summed E-state index contributed by atoms with van der Waals surface area (Å²) in [5.74, 6) is -1.69. The van der Waals surface area contributed by atoms with Crippen molar-refractivity contribution in [1.82, 2.24) is 4.90 Å². The largest absolute Gasteiger partial charge is 0.480 e. The van der Waals surface area contributed by atoms with E-state index in [0.29, 0.717) is 5.56 Å². The van der Waals surface area contributed by atoms with Crippen LogP contribution in [0, 0.1) is 17.0 Å². The number of carboxylic acids is 1. The molecule has 0 aliphatic heterocycles. The fourth-order valence-electron chi connectivity index (χ4n) is 2.00. The van der Waals surface area contributed by atoms with Crippen LogP contribution in [0.1, 0.15) is 36.7 Å². The van der Waals surface area contributed by atoms with Crippen molar-refractivity contribution in [3.8, 4) is 0 Å². The lowest BCUT2D eigenvalue weighted by molar-refractivity contribution is -0.385. The molecular formula is C14H18N2O5. The molecule has 0 saturated heterocycles. The van der Waals surface area contributed by atoms with Crippen LogP contribution in [0.2, 0.25) is 0 Å². The van der Waals surface area contributed by atoms with Crippen molar-refractivity contribution in [1.29, 1.82) is 0 Å². The van der Waals surface area contributed by atoms with E-state index in [1.807, 2.05) is 0 Å². The monoisotopic (exact) mass is 294 g/mol. The zero-order valence-corrected chi connectivity index (χ0v) is 12.4. The van der Waals surface area contributed by atoms with Gasteiger partial charge in [-0.1, -0.05) is 6.07 Å². The van der Waals surface area contributed by atoms with Crippen LogP contribution in [0.4, 0.5) is 5.69 Å². The van der Waals surface area contributed by atoms with Gasteiger partial charge < -0.3 is 10.0 Å².